The first-order valence-electron chi connectivity index (χ1n) is 11.4. The van der Waals surface area contributed by atoms with Gasteiger partial charge in [-0.05, 0) is 43.9 Å². The first kappa shape index (κ1) is 25.2. The summed E-state index contributed by atoms with van der Waals surface area (Å²) in [6, 6.07) is 10.5. The van der Waals surface area contributed by atoms with E-state index in [-0.39, 0.29) is 42.6 Å². The molecule has 3 atom stereocenters. The highest BCUT2D eigenvalue weighted by molar-refractivity contribution is 7.89. The molecule has 1 fully saturated rings. The van der Waals surface area contributed by atoms with Crippen LogP contribution in [0.3, 0.4) is 0 Å². The van der Waals surface area contributed by atoms with Crippen LogP contribution in [0, 0.1) is 11.6 Å². The number of benzene rings is 2. The first-order valence-corrected chi connectivity index (χ1v) is 12.9. The molecular weight excluding hydrogens is 478 g/mol. The van der Waals surface area contributed by atoms with Gasteiger partial charge in [0.05, 0.1) is 5.41 Å². The third-order valence-electron chi connectivity index (χ3n) is 6.97. The van der Waals surface area contributed by atoms with E-state index in [1.807, 2.05) is 6.07 Å². The zero-order valence-electron chi connectivity index (χ0n) is 19.5. The summed E-state index contributed by atoms with van der Waals surface area (Å²) in [5, 5.41) is 5.17. The number of nitrogens with two attached hydrogens (primary N) is 1. The Bertz CT molecular complexity index is 1350. The molecule has 2 heterocycles. The van der Waals surface area contributed by atoms with Gasteiger partial charge in [0.15, 0.2) is 0 Å². The third-order valence-corrected chi connectivity index (χ3v) is 9.34. The van der Waals surface area contributed by atoms with Crippen LogP contribution in [0.25, 0.3) is 0 Å². The molecule has 2 aromatic carbocycles. The molecule has 0 unspecified atom stereocenters. The fourth-order valence-corrected chi connectivity index (χ4v) is 7.02. The molecule has 35 heavy (non-hydrogen) atoms. The number of nitrogens with zero attached hydrogens (tertiary/aromatic N) is 2. The van der Waals surface area contributed by atoms with Crippen molar-refractivity contribution >= 4 is 10.0 Å². The normalized spacial score (nSPS) is 22.1. The van der Waals surface area contributed by atoms with E-state index in [1.165, 1.54) is 4.31 Å². The predicted molar refractivity (Wildman–Crippen MR) is 126 cm³/mol. The van der Waals surface area contributed by atoms with Gasteiger partial charge in [-0.2, -0.15) is 4.31 Å². The van der Waals surface area contributed by atoms with E-state index in [9.17, 15) is 13.2 Å². The van der Waals surface area contributed by atoms with Crippen molar-refractivity contribution in [2.45, 2.75) is 56.4 Å². The summed E-state index contributed by atoms with van der Waals surface area (Å²) in [7, 11) is -3.82. The Morgan fingerprint density at radius 2 is 1.91 bits per heavy atom. The van der Waals surface area contributed by atoms with Crippen LogP contribution < -0.4 is 11.5 Å². The average Bonchev–Trinajstić information content (AvgIpc) is 3.27. The Hall–Kier alpha value is -2.89. The molecule has 1 aliphatic rings. The number of halogens is 2. The van der Waals surface area contributed by atoms with Gasteiger partial charge in [-0.15, -0.1) is 5.10 Å². The predicted octanol–water partition coefficient (Wildman–Crippen LogP) is 3.35. The largest absolute Gasteiger partial charge is 0.434 e. The van der Waals surface area contributed by atoms with Gasteiger partial charge in [0.1, 0.15) is 16.9 Å². The maximum absolute atomic E-state index is 15.4. The molecule has 11 heteroatoms. The van der Waals surface area contributed by atoms with Crippen molar-refractivity contribution in [1.82, 2.24) is 14.5 Å². The van der Waals surface area contributed by atoms with Crippen molar-refractivity contribution in [2.75, 3.05) is 6.54 Å². The van der Waals surface area contributed by atoms with Gasteiger partial charge in [0, 0.05) is 30.3 Å². The molecule has 4 rings (SSSR count). The van der Waals surface area contributed by atoms with E-state index in [2.05, 4.69) is 10.2 Å². The zero-order valence-corrected chi connectivity index (χ0v) is 20.3. The summed E-state index contributed by atoms with van der Waals surface area (Å²) in [6.07, 6.45) is 1.22. The topological polar surface area (TPSA) is 122 Å². The molecule has 0 bridgehead atoms. The Kier molecular flexibility index (Phi) is 6.94. The number of rotatable bonds is 7. The van der Waals surface area contributed by atoms with Gasteiger partial charge in [-0.25, -0.2) is 27.1 Å². The molecule has 1 saturated heterocycles. The van der Waals surface area contributed by atoms with E-state index < -0.39 is 38.1 Å². The summed E-state index contributed by atoms with van der Waals surface area (Å²) >= 11 is 0. The summed E-state index contributed by atoms with van der Waals surface area (Å²) in [4.78, 5) is 11.5. The van der Waals surface area contributed by atoms with Crippen molar-refractivity contribution in [3.05, 3.63) is 87.2 Å². The number of H-pyrrole nitrogens is 1. The van der Waals surface area contributed by atoms with Crippen LogP contribution in [0.15, 0.2) is 51.7 Å². The monoisotopic (exact) mass is 506 g/mol. The van der Waals surface area contributed by atoms with Gasteiger partial charge < -0.3 is 10.2 Å². The van der Waals surface area contributed by atoms with Gasteiger partial charge in [-0.1, -0.05) is 37.3 Å². The minimum Gasteiger partial charge on any atom is -0.391 e. The van der Waals surface area contributed by atoms with E-state index >= 15 is 8.78 Å². The van der Waals surface area contributed by atoms with Crippen molar-refractivity contribution in [3.63, 3.8) is 0 Å². The molecule has 0 radical (unpaired) electrons. The van der Waals surface area contributed by atoms with Crippen LogP contribution >= 0.6 is 0 Å². The van der Waals surface area contributed by atoms with E-state index in [1.54, 1.807) is 38.1 Å². The molecule has 3 aromatic rings. The first-order chi connectivity index (χ1) is 16.6. The summed E-state index contributed by atoms with van der Waals surface area (Å²) in [6.45, 7) is 2.95. The molecule has 0 saturated carbocycles. The van der Waals surface area contributed by atoms with E-state index in [4.69, 9.17) is 10.2 Å². The lowest BCUT2D eigenvalue weighted by molar-refractivity contribution is 0.278. The van der Waals surface area contributed by atoms with Crippen LogP contribution in [0.4, 0.5) is 8.78 Å². The maximum Gasteiger partial charge on any atom is 0.434 e. The summed E-state index contributed by atoms with van der Waals surface area (Å²) < 4.78 is 64.0. The number of hydrogen-bond acceptors (Lipinski definition) is 6. The molecule has 0 spiro atoms. The van der Waals surface area contributed by atoms with E-state index in [0.717, 1.165) is 12.1 Å². The summed E-state index contributed by atoms with van der Waals surface area (Å²) in [5.41, 5.74) is 5.02. The number of hydrogen-bond donors (Lipinski definition) is 2. The molecule has 1 aliphatic heterocycles. The molecular formula is C24H28F2N4O4S. The standard InChI is InChI=1S/C24H28F2N4O4S/c1-3-24(14-27,22-28-29-23(31)34-22)18-12-19(25)17(11-20(18)26)13-30-15(2)9-10-21(35(30,32)33)16-7-5-4-6-8-16/h4-8,11-12,15,21H,3,9-10,13-14,27H2,1-2H3,(H,29,31)/t15-,21+,24-/m0/s1. The minimum atomic E-state index is -3.82. The minimum absolute atomic E-state index is 0.0964. The summed E-state index contributed by atoms with van der Waals surface area (Å²) in [5.74, 6) is -2.55. The number of nitrogens with one attached hydrogen (secondary N) is 1. The Morgan fingerprint density at radius 1 is 1.20 bits per heavy atom. The third kappa shape index (κ3) is 4.43. The fraction of sp³-hybridized carbons (Fsp3) is 0.417. The van der Waals surface area contributed by atoms with Crippen molar-refractivity contribution in [2.24, 2.45) is 5.73 Å². The quantitative estimate of drug-likeness (QED) is 0.507. The molecule has 0 amide bonds. The smallest absolute Gasteiger partial charge is 0.391 e. The van der Waals surface area contributed by atoms with Crippen LogP contribution in [-0.2, 0) is 22.0 Å². The second-order valence-electron chi connectivity index (χ2n) is 8.90. The SMILES string of the molecule is CC[C@@](CN)(c1n[nH]c(=O)o1)c1cc(F)c(CN2[C@@H](C)CC[C@H](c3ccccc3)S2(=O)=O)cc1F. The Labute approximate surface area is 202 Å². The molecule has 0 aliphatic carbocycles. The van der Waals surface area contributed by atoms with Crippen molar-refractivity contribution < 1.29 is 21.6 Å². The Balaban J connectivity index is 1.71. The average molecular weight is 507 g/mol. The van der Waals surface area contributed by atoms with Crippen LogP contribution in [0.1, 0.15) is 60.9 Å². The lowest BCUT2D eigenvalue weighted by atomic mass is 9.77. The van der Waals surface area contributed by atoms with Crippen LogP contribution in [-0.4, -0.2) is 35.5 Å². The van der Waals surface area contributed by atoms with Crippen molar-refractivity contribution in [1.29, 1.82) is 0 Å². The molecule has 1 aromatic heterocycles. The number of aromatic nitrogens is 2. The maximum atomic E-state index is 15.4. The number of sulfonamides is 1. The Morgan fingerprint density at radius 3 is 2.51 bits per heavy atom. The molecule has 3 N–H and O–H groups in total. The van der Waals surface area contributed by atoms with E-state index in [0.29, 0.717) is 18.4 Å². The zero-order chi connectivity index (χ0) is 25.4. The second kappa shape index (κ2) is 9.63. The lowest BCUT2D eigenvalue weighted by Crippen LogP contribution is -2.45. The number of aromatic amines is 1. The highest BCUT2D eigenvalue weighted by atomic mass is 32.2. The van der Waals surface area contributed by atoms with Gasteiger partial charge in [0.2, 0.25) is 15.9 Å². The molecule has 188 valence electrons. The fourth-order valence-electron chi connectivity index (χ4n) is 4.83. The van der Waals surface area contributed by atoms with Gasteiger partial charge in [-0.3, -0.25) is 0 Å². The van der Waals surface area contributed by atoms with Gasteiger partial charge in [0.25, 0.3) is 0 Å². The second-order valence-corrected chi connectivity index (χ2v) is 11.0. The highest BCUT2D eigenvalue weighted by Gasteiger charge is 2.42. The van der Waals surface area contributed by atoms with Crippen molar-refractivity contribution in [3.8, 4) is 0 Å². The lowest BCUT2D eigenvalue weighted by Gasteiger charge is -2.37. The van der Waals surface area contributed by atoms with Crippen LogP contribution in [0.2, 0.25) is 0 Å². The highest BCUT2D eigenvalue weighted by Crippen LogP contribution is 2.39. The molecule has 8 nitrogen and oxygen atoms in total. The van der Waals surface area contributed by atoms with Crippen LogP contribution in [0.5, 0.6) is 0 Å². The van der Waals surface area contributed by atoms with Gasteiger partial charge >= 0.3 is 5.76 Å².